The van der Waals surface area contributed by atoms with Gasteiger partial charge in [-0.2, -0.15) is 0 Å². The summed E-state index contributed by atoms with van der Waals surface area (Å²) in [6.07, 6.45) is 0. The van der Waals surface area contributed by atoms with Crippen molar-refractivity contribution in [2.45, 2.75) is 5.41 Å². The van der Waals surface area contributed by atoms with Crippen molar-refractivity contribution >= 4 is 21.5 Å². The first-order chi connectivity index (χ1) is 25.8. The van der Waals surface area contributed by atoms with E-state index in [2.05, 4.69) is 176 Å². The van der Waals surface area contributed by atoms with Crippen molar-refractivity contribution < 1.29 is 4.74 Å². The molecule has 3 aliphatic rings. The third-order valence-electron chi connectivity index (χ3n) is 11.9. The zero-order valence-corrected chi connectivity index (χ0v) is 28.2. The second-order valence-corrected chi connectivity index (χ2v) is 14.3. The van der Waals surface area contributed by atoms with Crippen molar-refractivity contribution in [3.63, 3.8) is 0 Å². The fraction of sp³-hybridized carbons (Fsp3) is 0.0196. The Labute approximate surface area is 302 Å². The van der Waals surface area contributed by atoms with E-state index in [4.69, 9.17) is 4.74 Å². The summed E-state index contributed by atoms with van der Waals surface area (Å²) in [5.74, 6) is 1.82. The molecule has 1 aliphatic heterocycles. The maximum Gasteiger partial charge on any atom is 0.135 e. The van der Waals surface area contributed by atoms with Crippen molar-refractivity contribution in [2.75, 3.05) is 0 Å². The third kappa shape index (κ3) is 3.48. The molecule has 1 nitrogen and oxygen atoms in total. The molecule has 0 amide bonds. The van der Waals surface area contributed by atoms with Crippen LogP contribution in [0.4, 0.5) is 0 Å². The van der Waals surface area contributed by atoms with E-state index in [0.717, 1.165) is 17.1 Å². The topological polar surface area (TPSA) is 9.23 Å². The molecule has 1 unspecified atom stereocenters. The first-order valence-electron chi connectivity index (χ1n) is 18.1. The minimum atomic E-state index is -0.418. The minimum Gasteiger partial charge on any atom is -0.456 e. The number of para-hydroxylation sites is 1. The van der Waals surface area contributed by atoms with Crippen LogP contribution in [0.3, 0.4) is 0 Å². The Kier molecular flexibility index (Phi) is 5.49. The van der Waals surface area contributed by atoms with Gasteiger partial charge in [0.1, 0.15) is 11.5 Å². The van der Waals surface area contributed by atoms with E-state index in [1.54, 1.807) is 0 Å². The number of hydrogen-bond donors (Lipinski definition) is 0. The maximum absolute atomic E-state index is 6.44. The lowest BCUT2D eigenvalue weighted by atomic mass is 9.69. The van der Waals surface area contributed by atoms with Gasteiger partial charge in [0, 0.05) is 10.9 Å². The number of ether oxygens (including phenoxy) is 1. The fourth-order valence-electron chi connectivity index (χ4n) is 9.89. The average molecular weight is 659 g/mol. The van der Waals surface area contributed by atoms with Crippen molar-refractivity contribution in [3.05, 3.63) is 204 Å². The summed E-state index contributed by atoms with van der Waals surface area (Å²) in [7, 11) is 0. The molecule has 9 aromatic rings. The predicted molar refractivity (Wildman–Crippen MR) is 214 cm³/mol. The van der Waals surface area contributed by atoms with Crippen molar-refractivity contribution in [3.8, 4) is 67.1 Å². The third-order valence-corrected chi connectivity index (χ3v) is 11.9. The first kappa shape index (κ1) is 28.0. The predicted octanol–water partition coefficient (Wildman–Crippen LogP) is 13.4. The van der Waals surface area contributed by atoms with Gasteiger partial charge >= 0.3 is 0 Å². The van der Waals surface area contributed by atoms with Gasteiger partial charge in [-0.05, 0) is 107 Å². The minimum absolute atomic E-state index is 0.418. The molecule has 0 bridgehead atoms. The lowest BCUT2D eigenvalue weighted by Gasteiger charge is -2.31. The average Bonchev–Trinajstić information content (AvgIpc) is 3.69. The lowest BCUT2D eigenvalue weighted by Crippen LogP contribution is -2.26. The maximum atomic E-state index is 6.44. The first-order valence-corrected chi connectivity index (χ1v) is 18.1. The molecular formula is C51H30O. The van der Waals surface area contributed by atoms with Crippen LogP contribution in [0.25, 0.3) is 77.2 Å². The van der Waals surface area contributed by atoms with Crippen LogP contribution in [0.15, 0.2) is 182 Å². The fourth-order valence-corrected chi connectivity index (χ4v) is 9.89. The van der Waals surface area contributed by atoms with Crippen molar-refractivity contribution in [1.82, 2.24) is 0 Å². The SMILES string of the molecule is c1cc(-c2cccc3c2-c2ccccc2C32c3ccccc3-c3ccc4ccccc4c32)cc(-c2ccc3c4c(cccc24)-c2ccccc2O3)c1. The molecule has 0 aromatic heterocycles. The quantitative estimate of drug-likeness (QED) is 0.180. The van der Waals surface area contributed by atoms with E-state index in [0.29, 0.717) is 0 Å². The van der Waals surface area contributed by atoms with Crippen molar-refractivity contribution in [1.29, 1.82) is 0 Å². The zero-order chi connectivity index (χ0) is 34.0. The van der Waals surface area contributed by atoms with E-state index in [1.807, 2.05) is 6.07 Å². The summed E-state index contributed by atoms with van der Waals surface area (Å²) in [5.41, 5.74) is 17.6. The van der Waals surface area contributed by atoms with Crippen LogP contribution in [0.5, 0.6) is 11.5 Å². The molecule has 240 valence electrons. The molecule has 2 aliphatic carbocycles. The van der Waals surface area contributed by atoms with E-state index < -0.39 is 5.41 Å². The van der Waals surface area contributed by atoms with E-state index in [-0.39, 0.29) is 0 Å². The molecule has 9 aromatic carbocycles. The van der Waals surface area contributed by atoms with Crippen LogP contribution in [0.2, 0.25) is 0 Å². The van der Waals surface area contributed by atoms with Gasteiger partial charge in [0.15, 0.2) is 0 Å². The Hall–Kier alpha value is -6.70. The molecule has 0 saturated heterocycles. The molecule has 1 heteroatoms. The van der Waals surface area contributed by atoms with Gasteiger partial charge in [0.2, 0.25) is 0 Å². The second kappa shape index (κ2) is 10.2. The Morgan fingerprint density at radius 1 is 0.346 bits per heavy atom. The van der Waals surface area contributed by atoms with Crippen LogP contribution >= 0.6 is 0 Å². The molecule has 1 heterocycles. The highest BCUT2D eigenvalue weighted by Gasteiger charge is 2.52. The van der Waals surface area contributed by atoms with Gasteiger partial charge < -0.3 is 4.74 Å². The highest BCUT2D eigenvalue weighted by Crippen LogP contribution is 2.65. The van der Waals surface area contributed by atoms with Crippen LogP contribution < -0.4 is 4.74 Å². The van der Waals surface area contributed by atoms with Gasteiger partial charge in [-0.3, -0.25) is 0 Å². The Bertz CT molecular complexity index is 3000. The van der Waals surface area contributed by atoms with Crippen molar-refractivity contribution in [2.24, 2.45) is 0 Å². The highest BCUT2D eigenvalue weighted by molar-refractivity contribution is 6.10. The van der Waals surface area contributed by atoms with E-state index in [1.165, 1.54) is 93.9 Å². The summed E-state index contributed by atoms with van der Waals surface area (Å²) >= 11 is 0. The molecule has 12 rings (SSSR count). The van der Waals surface area contributed by atoms with Gasteiger partial charge in [-0.25, -0.2) is 0 Å². The van der Waals surface area contributed by atoms with Crippen LogP contribution in [0, 0.1) is 0 Å². The molecule has 0 fully saturated rings. The van der Waals surface area contributed by atoms with E-state index >= 15 is 0 Å². The highest BCUT2D eigenvalue weighted by atomic mass is 16.5. The summed E-state index contributed by atoms with van der Waals surface area (Å²) in [6, 6.07) is 67.2. The van der Waals surface area contributed by atoms with Gasteiger partial charge in [-0.15, -0.1) is 0 Å². The van der Waals surface area contributed by atoms with Crippen LogP contribution in [-0.4, -0.2) is 0 Å². The molecule has 1 spiro atoms. The normalized spacial score (nSPS) is 15.5. The number of hydrogen-bond acceptors (Lipinski definition) is 1. The molecule has 52 heavy (non-hydrogen) atoms. The largest absolute Gasteiger partial charge is 0.456 e. The van der Waals surface area contributed by atoms with Gasteiger partial charge in [-0.1, -0.05) is 164 Å². The second-order valence-electron chi connectivity index (χ2n) is 14.3. The monoisotopic (exact) mass is 658 g/mol. The lowest BCUT2D eigenvalue weighted by molar-refractivity contribution is 0.487. The zero-order valence-electron chi connectivity index (χ0n) is 28.2. The summed E-state index contributed by atoms with van der Waals surface area (Å²) in [4.78, 5) is 0. The molecule has 0 radical (unpaired) electrons. The Balaban J connectivity index is 1.11. The molecule has 1 atom stereocenters. The van der Waals surface area contributed by atoms with Gasteiger partial charge in [0.25, 0.3) is 0 Å². The molecule has 0 saturated carbocycles. The van der Waals surface area contributed by atoms with Crippen LogP contribution in [0.1, 0.15) is 22.3 Å². The molecular weight excluding hydrogens is 629 g/mol. The number of rotatable bonds is 2. The number of benzene rings is 9. The van der Waals surface area contributed by atoms with Gasteiger partial charge in [0.05, 0.1) is 5.41 Å². The smallest absolute Gasteiger partial charge is 0.135 e. The summed E-state index contributed by atoms with van der Waals surface area (Å²) in [6.45, 7) is 0. The van der Waals surface area contributed by atoms with E-state index in [9.17, 15) is 0 Å². The van der Waals surface area contributed by atoms with Crippen LogP contribution in [-0.2, 0) is 5.41 Å². The number of fused-ring (bicyclic) bond motifs is 14. The summed E-state index contributed by atoms with van der Waals surface area (Å²) < 4.78 is 6.44. The standard InChI is InChI=1S/C51H30O/c1-2-15-36-31(12-1)26-27-41-37-16-3-6-22-43(37)51(50(36)41)44-23-7-4-18-42(44)48-35(19-11-24-45(48)51)33-14-9-13-32(30-33)34-28-29-47-49-39(34)20-10-21-40(49)38-17-5-8-25-46(38)52-47/h1-30H. The Morgan fingerprint density at radius 2 is 0.962 bits per heavy atom. The molecule has 0 N–H and O–H groups in total. The summed E-state index contributed by atoms with van der Waals surface area (Å²) in [5, 5.41) is 4.97. The Morgan fingerprint density at radius 3 is 1.87 bits per heavy atom.